The van der Waals surface area contributed by atoms with Gasteiger partial charge in [-0.05, 0) is 31.4 Å². The van der Waals surface area contributed by atoms with Crippen molar-refractivity contribution < 1.29 is 14.6 Å². The Labute approximate surface area is 219 Å². The topological polar surface area (TPSA) is 132 Å². The first-order chi connectivity index (χ1) is 18.1. The summed E-state index contributed by atoms with van der Waals surface area (Å²) in [7, 11) is 0. The van der Waals surface area contributed by atoms with E-state index < -0.39 is 5.60 Å². The van der Waals surface area contributed by atoms with Crippen molar-refractivity contribution in [1.29, 1.82) is 0 Å². The quantitative estimate of drug-likeness (QED) is 0.470. The van der Waals surface area contributed by atoms with E-state index in [1.165, 1.54) is 18.2 Å². The second-order valence-electron chi connectivity index (χ2n) is 10.3. The fourth-order valence-corrected chi connectivity index (χ4v) is 6.68. The van der Waals surface area contributed by atoms with Gasteiger partial charge < -0.3 is 30.5 Å². The Kier molecular flexibility index (Phi) is 5.42. The van der Waals surface area contributed by atoms with Crippen molar-refractivity contribution in [3.8, 4) is 11.6 Å². The van der Waals surface area contributed by atoms with Gasteiger partial charge in [0.2, 0.25) is 5.88 Å². The Bertz CT molecular complexity index is 1340. The summed E-state index contributed by atoms with van der Waals surface area (Å²) >= 11 is 1.47. The van der Waals surface area contributed by atoms with Crippen LogP contribution in [0.1, 0.15) is 49.4 Å². The molecule has 37 heavy (non-hydrogen) atoms. The molecule has 10 nitrogen and oxygen atoms in total. The van der Waals surface area contributed by atoms with Gasteiger partial charge in [-0.25, -0.2) is 19.9 Å². The van der Waals surface area contributed by atoms with Gasteiger partial charge in [-0.1, -0.05) is 17.8 Å². The molecular weight excluding hydrogens is 490 g/mol. The lowest BCUT2D eigenvalue weighted by atomic mass is 9.77. The van der Waals surface area contributed by atoms with Crippen molar-refractivity contribution in [3.05, 3.63) is 48.0 Å². The molecule has 0 aromatic carbocycles. The molecule has 0 radical (unpaired) electrons. The van der Waals surface area contributed by atoms with Gasteiger partial charge in [0.25, 0.3) is 0 Å². The molecule has 3 aromatic heterocycles. The van der Waals surface area contributed by atoms with E-state index in [0.717, 1.165) is 47.7 Å². The maximum Gasteiger partial charge on any atom is 0.218 e. The summed E-state index contributed by atoms with van der Waals surface area (Å²) in [6.07, 6.45) is 10.2. The molecule has 192 valence electrons. The summed E-state index contributed by atoms with van der Waals surface area (Å²) in [6.45, 7) is 1.86. The number of nitrogens with two attached hydrogens (primary N) is 1. The maximum atomic E-state index is 10.2. The van der Waals surface area contributed by atoms with Gasteiger partial charge in [0.05, 0.1) is 29.3 Å². The van der Waals surface area contributed by atoms with Crippen molar-refractivity contribution in [2.45, 2.75) is 65.8 Å². The first kappa shape index (κ1) is 23.0. The van der Waals surface area contributed by atoms with E-state index in [1.807, 2.05) is 18.2 Å². The molecule has 7 rings (SSSR count). The van der Waals surface area contributed by atoms with Gasteiger partial charge in [0.1, 0.15) is 22.9 Å². The van der Waals surface area contributed by atoms with E-state index in [1.54, 1.807) is 18.6 Å². The van der Waals surface area contributed by atoms with E-state index in [4.69, 9.17) is 25.2 Å². The van der Waals surface area contributed by atoms with Crippen LogP contribution in [0.5, 0.6) is 11.6 Å². The minimum absolute atomic E-state index is 0.0363. The number of hydrogen-bond acceptors (Lipinski definition) is 11. The molecule has 2 fully saturated rings. The van der Waals surface area contributed by atoms with Gasteiger partial charge >= 0.3 is 0 Å². The van der Waals surface area contributed by atoms with Crippen LogP contribution in [-0.4, -0.2) is 55.9 Å². The summed E-state index contributed by atoms with van der Waals surface area (Å²) in [5.74, 6) is 2.88. The van der Waals surface area contributed by atoms with Crippen LogP contribution in [-0.2, 0) is 6.61 Å². The average molecular weight is 520 g/mol. The Morgan fingerprint density at radius 1 is 1.14 bits per heavy atom. The molecule has 3 aliphatic heterocycles. The number of aromatic nitrogens is 4. The number of aliphatic hydroxyl groups excluding tert-OH is 1. The number of rotatable bonds is 4. The standard InChI is InChI=1S/C26H29N7O3S/c27-21-16-3-1-9-29-24(16)36-26(21)7-11-33(12-8-26)23-17(14-34)31-19(13-30-23)37-18-4-10-28-22-20(18)35-15-25(32-22)5-2-6-25/h1,3-4,9-10,13,21,34H,2,5-8,11-12,14-15,27H2,(H,28,32)/t21-/m1/s1. The second-order valence-corrected chi connectivity index (χ2v) is 11.4. The molecule has 11 heteroatoms. The zero-order valence-electron chi connectivity index (χ0n) is 20.4. The highest BCUT2D eigenvalue weighted by molar-refractivity contribution is 7.99. The molecule has 1 atom stereocenters. The number of piperidine rings is 1. The SMILES string of the molecule is N[C@@H]1c2cccnc2OC12CCN(c1ncc(Sc3ccnc4c3OCC3(CCC3)N4)nc1CO)CC2. The highest BCUT2D eigenvalue weighted by Crippen LogP contribution is 2.47. The minimum atomic E-state index is -0.456. The molecule has 6 heterocycles. The summed E-state index contributed by atoms with van der Waals surface area (Å²) in [5.41, 5.74) is 7.69. The largest absolute Gasteiger partial charge is 0.486 e. The van der Waals surface area contributed by atoms with Crippen LogP contribution in [0.25, 0.3) is 0 Å². The van der Waals surface area contributed by atoms with Crippen molar-refractivity contribution in [3.63, 3.8) is 0 Å². The van der Waals surface area contributed by atoms with E-state index in [2.05, 4.69) is 20.2 Å². The first-order valence-electron chi connectivity index (χ1n) is 12.8. The molecule has 1 saturated heterocycles. The molecule has 4 N–H and O–H groups in total. The lowest BCUT2D eigenvalue weighted by Crippen LogP contribution is -2.52. The van der Waals surface area contributed by atoms with Crippen LogP contribution in [0.2, 0.25) is 0 Å². The average Bonchev–Trinajstić information content (AvgIpc) is 3.19. The third-order valence-corrected chi connectivity index (χ3v) is 9.08. The third kappa shape index (κ3) is 3.79. The van der Waals surface area contributed by atoms with Gasteiger partial charge in [-0.3, -0.25) is 0 Å². The number of ether oxygens (including phenoxy) is 2. The normalized spacial score (nSPS) is 22.4. The van der Waals surface area contributed by atoms with Crippen molar-refractivity contribution in [1.82, 2.24) is 19.9 Å². The lowest BCUT2D eigenvalue weighted by Gasteiger charge is -2.45. The van der Waals surface area contributed by atoms with Crippen molar-refractivity contribution in [2.75, 3.05) is 29.9 Å². The van der Waals surface area contributed by atoms with Crippen LogP contribution >= 0.6 is 11.8 Å². The van der Waals surface area contributed by atoms with Gasteiger partial charge in [-0.2, -0.15) is 0 Å². The van der Waals surface area contributed by atoms with E-state index in [0.29, 0.717) is 42.1 Å². The zero-order valence-corrected chi connectivity index (χ0v) is 21.2. The summed E-state index contributed by atoms with van der Waals surface area (Å²) in [5, 5.41) is 14.4. The van der Waals surface area contributed by atoms with Crippen LogP contribution in [0.3, 0.4) is 0 Å². The molecule has 1 aliphatic carbocycles. The zero-order chi connectivity index (χ0) is 25.0. The summed E-state index contributed by atoms with van der Waals surface area (Å²) in [4.78, 5) is 21.4. The monoisotopic (exact) mass is 519 g/mol. The molecule has 4 aliphatic rings. The molecule has 0 bridgehead atoms. The number of nitrogens with zero attached hydrogens (tertiary/aromatic N) is 5. The summed E-state index contributed by atoms with van der Waals surface area (Å²) in [6, 6.07) is 5.61. The van der Waals surface area contributed by atoms with Crippen LogP contribution in [0, 0.1) is 0 Å². The molecule has 3 aromatic rings. The minimum Gasteiger partial charge on any atom is -0.486 e. The highest BCUT2D eigenvalue weighted by Gasteiger charge is 2.49. The molecular formula is C26H29N7O3S. The Hall–Kier alpha value is -3.15. The van der Waals surface area contributed by atoms with Crippen LogP contribution in [0.4, 0.5) is 11.6 Å². The highest BCUT2D eigenvalue weighted by atomic mass is 32.2. The van der Waals surface area contributed by atoms with Crippen molar-refractivity contribution >= 4 is 23.4 Å². The number of hydrogen-bond donors (Lipinski definition) is 3. The lowest BCUT2D eigenvalue weighted by molar-refractivity contribution is 0.0396. The Morgan fingerprint density at radius 2 is 2.00 bits per heavy atom. The van der Waals surface area contributed by atoms with Gasteiger partial charge in [0.15, 0.2) is 17.4 Å². The second kappa shape index (κ2) is 8.71. The fourth-order valence-electron chi connectivity index (χ4n) is 5.82. The smallest absolute Gasteiger partial charge is 0.218 e. The maximum absolute atomic E-state index is 10.2. The summed E-state index contributed by atoms with van der Waals surface area (Å²) < 4.78 is 12.4. The third-order valence-electron chi connectivity index (χ3n) is 8.13. The number of nitrogens with one attached hydrogen (secondary N) is 1. The predicted molar refractivity (Wildman–Crippen MR) is 138 cm³/mol. The molecule has 0 amide bonds. The molecule has 2 spiro atoms. The molecule has 1 saturated carbocycles. The van der Waals surface area contributed by atoms with E-state index in [-0.39, 0.29) is 18.2 Å². The van der Waals surface area contributed by atoms with Crippen LogP contribution < -0.4 is 25.4 Å². The van der Waals surface area contributed by atoms with Crippen molar-refractivity contribution in [2.24, 2.45) is 5.73 Å². The number of fused-ring (bicyclic) bond motifs is 2. The fraction of sp³-hybridized carbons (Fsp3) is 0.462. The molecule has 0 unspecified atom stereocenters. The van der Waals surface area contributed by atoms with E-state index >= 15 is 0 Å². The van der Waals surface area contributed by atoms with Gasteiger partial charge in [0, 0.05) is 43.9 Å². The van der Waals surface area contributed by atoms with Gasteiger partial charge in [-0.15, -0.1) is 0 Å². The number of anilines is 2. The van der Waals surface area contributed by atoms with Crippen LogP contribution in [0.15, 0.2) is 46.7 Å². The number of pyridine rings is 2. The predicted octanol–water partition coefficient (Wildman–Crippen LogP) is 3.07. The first-order valence-corrected chi connectivity index (χ1v) is 13.6. The van der Waals surface area contributed by atoms with E-state index in [9.17, 15) is 5.11 Å². The Balaban J connectivity index is 1.07. The Morgan fingerprint density at radius 3 is 2.76 bits per heavy atom. The number of aliphatic hydroxyl groups is 1.